The molecule has 0 radical (unpaired) electrons. The molecule has 2 unspecified atom stereocenters. The Kier molecular flexibility index (Phi) is 6.27. The van der Waals surface area contributed by atoms with Crippen LogP contribution in [0.2, 0.25) is 0 Å². The number of rotatable bonds is 9. The lowest BCUT2D eigenvalue weighted by atomic mass is 9.98. The van der Waals surface area contributed by atoms with Crippen molar-refractivity contribution in [3.8, 4) is 0 Å². The van der Waals surface area contributed by atoms with Crippen molar-refractivity contribution >= 4 is 5.97 Å². The van der Waals surface area contributed by atoms with Gasteiger partial charge in [0.15, 0.2) is 0 Å². The van der Waals surface area contributed by atoms with Crippen molar-refractivity contribution in [2.45, 2.75) is 71.1 Å². The lowest BCUT2D eigenvalue weighted by molar-refractivity contribution is -0.149. The maximum atomic E-state index is 11.9. The molecule has 1 saturated carbocycles. The molecule has 0 heterocycles. The zero-order valence-corrected chi connectivity index (χ0v) is 13.0. The smallest absolute Gasteiger partial charge is 0.325 e. The number of methoxy groups -OCH3 is 1. The first-order valence-corrected chi connectivity index (χ1v) is 7.35. The number of ether oxygens (including phenoxy) is 2. The largest absolute Gasteiger partial charge is 0.468 e. The Morgan fingerprint density at radius 1 is 1.37 bits per heavy atom. The number of nitrogens with one attached hydrogen (secondary N) is 1. The van der Waals surface area contributed by atoms with E-state index in [4.69, 9.17) is 9.47 Å². The van der Waals surface area contributed by atoms with Gasteiger partial charge in [0, 0.05) is 12.6 Å². The fourth-order valence-electron chi connectivity index (χ4n) is 2.33. The van der Waals surface area contributed by atoms with Crippen LogP contribution >= 0.6 is 0 Å². The van der Waals surface area contributed by atoms with Crippen molar-refractivity contribution in [1.29, 1.82) is 0 Å². The van der Waals surface area contributed by atoms with Crippen LogP contribution in [0.5, 0.6) is 0 Å². The van der Waals surface area contributed by atoms with Crippen LogP contribution in [0.3, 0.4) is 0 Å². The van der Waals surface area contributed by atoms with E-state index in [1.807, 2.05) is 6.92 Å². The number of hydrogen-bond donors (Lipinski definition) is 1. The summed E-state index contributed by atoms with van der Waals surface area (Å²) in [7, 11) is 1.44. The van der Waals surface area contributed by atoms with Crippen LogP contribution in [-0.4, -0.2) is 37.4 Å². The summed E-state index contributed by atoms with van der Waals surface area (Å²) in [5.41, 5.74) is -0.618. The van der Waals surface area contributed by atoms with Crippen LogP contribution < -0.4 is 5.32 Å². The third kappa shape index (κ3) is 5.91. The summed E-state index contributed by atoms with van der Waals surface area (Å²) in [6, 6.07) is 0.470. The Morgan fingerprint density at radius 2 is 2.00 bits per heavy atom. The first kappa shape index (κ1) is 16.4. The zero-order valence-electron chi connectivity index (χ0n) is 13.0. The molecule has 19 heavy (non-hydrogen) atoms. The maximum absolute atomic E-state index is 11.9. The first-order valence-electron chi connectivity index (χ1n) is 7.35. The van der Waals surface area contributed by atoms with Crippen molar-refractivity contribution in [2.75, 3.05) is 13.7 Å². The van der Waals surface area contributed by atoms with Crippen molar-refractivity contribution in [3.63, 3.8) is 0 Å². The van der Waals surface area contributed by atoms with E-state index in [9.17, 15) is 4.79 Å². The van der Waals surface area contributed by atoms with Crippen LogP contribution in [0.4, 0.5) is 0 Å². The third-order valence-corrected chi connectivity index (χ3v) is 3.54. The highest BCUT2D eigenvalue weighted by atomic mass is 16.5. The Labute approximate surface area is 117 Å². The normalized spacial score (nSPS) is 20.1. The highest BCUT2D eigenvalue weighted by Crippen LogP contribution is 2.25. The van der Waals surface area contributed by atoms with Crippen LogP contribution in [0, 0.1) is 5.92 Å². The van der Waals surface area contributed by atoms with Gasteiger partial charge in [-0.2, -0.15) is 0 Å². The standard InChI is InChI=1S/C15H29NO3/c1-11(2)10-12(3)19-9-8-15(4,14(17)18-5)16-13-6-7-13/h11-13,16H,6-10H2,1-5H3. The molecule has 4 nitrogen and oxygen atoms in total. The third-order valence-electron chi connectivity index (χ3n) is 3.54. The lowest BCUT2D eigenvalue weighted by Crippen LogP contribution is -2.52. The lowest BCUT2D eigenvalue weighted by Gasteiger charge is -2.28. The summed E-state index contributed by atoms with van der Waals surface area (Å²) >= 11 is 0. The van der Waals surface area contributed by atoms with E-state index < -0.39 is 5.54 Å². The monoisotopic (exact) mass is 271 g/mol. The van der Waals surface area contributed by atoms with Gasteiger partial charge in [-0.05, 0) is 45.4 Å². The predicted molar refractivity (Wildman–Crippen MR) is 76.1 cm³/mol. The molecule has 112 valence electrons. The van der Waals surface area contributed by atoms with E-state index >= 15 is 0 Å². The number of hydrogen-bond acceptors (Lipinski definition) is 4. The van der Waals surface area contributed by atoms with E-state index in [0.29, 0.717) is 25.0 Å². The summed E-state index contributed by atoms with van der Waals surface area (Å²) in [4.78, 5) is 11.9. The molecule has 1 fully saturated rings. The molecular formula is C15H29NO3. The number of carbonyl (C=O) groups excluding carboxylic acids is 1. The summed E-state index contributed by atoms with van der Waals surface area (Å²) in [6.07, 6.45) is 4.24. The average molecular weight is 271 g/mol. The minimum atomic E-state index is -0.618. The molecule has 1 N–H and O–H groups in total. The van der Waals surface area contributed by atoms with Gasteiger partial charge in [0.25, 0.3) is 0 Å². The molecule has 4 heteroatoms. The molecule has 0 amide bonds. The van der Waals surface area contributed by atoms with Gasteiger partial charge in [0.1, 0.15) is 5.54 Å². The van der Waals surface area contributed by atoms with Crippen molar-refractivity contribution in [1.82, 2.24) is 5.32 Å². The highest BCUT2D eigenvalue weighted by molar-refractivity contribution is 5.80. The minimum absolute atomic E-state index is 0.195. The summed E-state index contributed by atoms with van der Waals surface area (Å²) in [6.45, 7) is 8.96. The first-order chi connectivity index (χ1) is 8.87. The molecule has 0 spiro atoms. The molecule has 0 aromatic rings. The highest BCUT2D eigenvalue weighted by Gasteiger charge is 2.39. The van der Waals surface area contributed by atoms with Gasteiger partial charge in [-0.15, -0.1) is 0 Å². The van der Waals surface area contributed by atoms with Gasteiger partial charge in [-0.1, -0.05) is 13.8 Å². The van der Waals surface area contributed by atoms with Crippen LogP contribution in [0.25, 0.3) is 0 Å². The van der Waals surface area contributed by atoms with Crippen LogP contribution in [0.1, 0.15) is 53.4 Å². The van der Waals surface area contributed by atoms with Crippen molar-refractivity contribution in [2.24, 2.45) is 5.92 Å². The molecule has 2 atom stereocenters. The second-order valence-electron chi connectivity index (χ2n) is 6.30. The van der Waals surface area contributed by atoms with E-state index in [0.717, 1.165) is 19.3 Å². The Morgan fingerprint density at radius 3 is 2.47 bits per heavy atom. The van der Waals surface area contributed by atoms with Gasteiger partial charge >= 0.3 is 5.97 Å². The molecule has 0 bridgehead atoms. The number of esters is 1. The quantitative estimate of drug-likeness (QED) is 0.655. The van der Waals surface area contributed by atoms with Crippen molar-refractivity contribution in [3.05, 3.63) is 0 Å². The SMILES string of the molecule is COC(=O)C(C)(CCOC(C)CC(C)C)NC1CC1. The van der Waals surface area contributed by atoms with Crippen molar-refractivity contribution < 1.29 is 14.3 Å². The summed E-state index contributed by atoms with van der Waals surface area (Å²) in [5, 5.41) is 3.38. The van der Waals surface area contributed by atoms with E-state index in [1.54, 1.807) is 0 Å². The van der Waals surface area contributed by atoms with E-state index in [-0.39, 0.29) is 12.1 Å². The maximum Gasteiger partial charge on any atom is 0.325 e. The molecule has 1 rings (SSSR count). The predicted octanol–water partition coefficient (Wildman–Crippen LogP) is 2.51. The summed E-state index contributed by atoms with van der Waals surface area (Å²) < 4.78 is 10.7. The minimum Gasteiger partial charge on any atom is -0.468 e. The number of carbonyl (C=O) groups is 1. The Balaban J connectivity index is 2.37. The zero-order chi connectivity index (χ0) is 14.5. The molecule has 0 aromatic heterocycles. The van der Waals surface area contributed by atoms with Gasteiger partial charge < -0.3 is 9.47 Å². The van der Waals surface area contributed by atoms with Crippen LogP contribution in [0.15, 0.2) is 0 Å². The van der Waals surface area contributed by atoms with Gasteiger partial charge in [0.05, 0.1) is 13.2 Å². The van der Waals surface area contributed by atoms with Gasteiger partial charge in [0.2, 0.25) is 0 Å². The van der Waals surface area contributed by atoms with Gasteiger partial charge in [-0.3, -0.25) is 10.1 Å². The second kappa shape index (κ2) is 7.25. The average Bonchev–Trinajstić information content (AvgIpc) is 3.10. The fourth-order valence-corrected chi connectivity index (χ4v) is 2.33. The molecule has 0 saturated heterocycles. The Hall–Kier alpha value is -0.610. The molecule has 1 aliphatic carbocycles. The molecule has 0 aliphatic heterocycles. The second-order valence-corrected chi connectivity index (χ2v) is 6.30. The summed E-state index contributed by atoms with van der Waals surface area (Å²) in [5.74, 6) is 0.436. The Bertz CT molecular complexity index is 289. The van der Waals surface area contributed by atoms with Crippen LogP contribution in [-0.2, 0) is 14.3 Å². The molecule has 1 aliphatic rings. The van der Waals surface area contributed by atoms with E-state index in [2.05, 4.69) is 26.1 Å². The van der Waals surface area contributed by atoms with E-state index in [1.165, 1.54) is 7.11 Å². The fraction of sp³-hybridized carbons (Fsp3) is 0.933. The molecular weight excluding hydrogens is 242 g/mol. The van der Waals surface area contributed by atoms with Gasteiger partial charge in [-0.25, -0.2) is 0 Å². The topological polar surface area (TPSA) is 47.6 Å². The molecule has 0 aromatic carbocycles.